The van der Waals surface area contributed by atoms with Crippen molar-refractivity contribution in [2.45, 2.75) is 12.8 Å². The lowest BCUT2D eigenvalue weighted by atomic mass is 10.1. The van der Waals surface area contributed by atoms with E-state index in [9.17, 15) is 13.6 Å². The van der Waals surface area contributed by atoms with Crippen LogP contribution in [0.2, 0.25) is 0 Å². The van der Waals surface area contributed by atoms with Gasteiger partial charge in [0.05, 0.1) is 18.2 Å². The highest BCUT2D eigenvalue weighted by Gasteiger charge is 2.51. The third-order valence-electron chi connectivity index (χ3n) is 3.33. The lowest BCUT2D eigenvalue weighted by Gasteiger charge is -2.24. The second-order valence-electron chi connectivity index (χ2n) is 4.72. The summed E-state index contributed by atoms with van der Waals surface area (Å²) in [6.07, 6.45) is 1.49. The van der Waals surface area contributed by atoms with Gasteiger partial charge in [0.15, 0.2) is 0 Å². The zero-order valence-corrected chi connectivity index (χ0v) is 10.4. The van der Waals surface area contributed by atoms with E-state index in [2.05, 4.69) is 0 Å². The number of hydrogen-bond donors (Lipinski definition) is 0. The highest BCUT2D eigenvalue weighted by molar-refractivity contribution is 5.80. The Morgan fingerprint density at radius 1 is 1.44 bits per heavy atom. The van der Waals surface area contributed by atoms with Crippen molar-refractivity contribution in [2.24, 2.45) is 5.41 Å². The maximum atomic E-state index is 13.6. The Labute approximate surface area is 104 Å². The van der Waals surface area contributed by atoms with Crippen molar-refractivity contribution in [2.75, 3.05) is 25.6 Å². The Balaban J connectivity index is 2.13. The smallest absolute Gasteiger partial charge is 0.313 e. The van der Waals surface area contributed by atoms with Crippen LogP contribution < -0.4 is 4.90 Å². The molecule has 1 aromatic carbocycles. The number of hydrogen-bond acceptors (Lipinski definition) is 3. The predicted octanol–water partition coefficient (Wildman–Crippen LogP) is 2.35. The summed E-state index contributed by atoms with van der Waals surface area (Å²) in [7, 11) is 3.03. The molecule has 0 radical (unpaired) electrons. The van der Waals surface area contributed by atoms with Crippen LogP contribution in [0, 0.1) is 17.0 Å². The number of ether oxygens (including phenoxy) is 1. The van der Waals surface area contributed by atoms with Crippen molar-refractivity contribution >= 4 is 11.7 Å². The van der Waals surface area contributed by atoms with Gasteiger partial charge < -0.3 is 9.64 Å². The first-order valence-electron chi connectivity index (χ1n) is 5.73. The third-order valence-corrected chi connectivity index (χ3v) is 3.33. The molecular formula is C13H15F2NO2. The topological polar surface area (TPSA) is 29.5 Å². The van der Waals surface area contributed by atoms with Crippen molar-refractivity contribution in [3.63, 3.8) is 0 Å². The third kappa shape index (κ3) is 2.30. The van der Waals surface area contributed by atoms with Crippen LogP contribution in [0.5, 0.6) is 0 Å². The number of halogens is 2. The second kappa shape index (κ2) is 4.55. The van der Waals surface area contributed by atoms with E-state index in [1.165, 1.54) is 19.2 Å². The molecule has 0 bridgehead atoms. The largest absolute Gasteiger partial charge is 0.469 e. The molecule has 1 aliphatic rings. The molecular weight excluding hydrogens is 240 g/mol. The highest BCUT2D eigenvalue weighted by Crippen LogP contribution is 2.47. The maximum Gasteiger partial charge on any atom is 0.313 e. The minimum atomic E-state index is -0.627. The van der Waals surface area contributed by atoms with Crippen LogP contribution in [0.4, 0.5) is 14.5 Å². The van der Waals surface area contributed by atoms with Crippen LogP contribution in [0.1, 0.15) is 12.8 Å². The Hall–Kier alpha value is -1.65. The molecule has 1 saturated carbocycles. The van der Waals surface area contributed by atoms with E-state index in [-0.39, 0.29) is 11.7 Å². The van der Waals surface area contributed by atoms with Gasteiger partial charge in [-0.25, -0.2) is 8.78 Å². The summed E-state index contributed by atoms with van der Waals surface area (Å²) in [5.74, 6) is -1.51. The van der Waals surface area contributed by atoms with Crippen LogP contribution in [0.3, 0.4) is 0 Å². The maximum absolute atomic E-state index is 13.6. The van der Waals surface area contributed by atoms with Crippen molar-refractivity contribution < 1.29 is 18.3 Å². The molecule has 0 unspecified atom stereocenters. The fourth-order valence-corrected chi connectivity index (χ4v) is 2.12. The van der Waals surface area contributed by atoms with E-state index >= 15 is 0 Å². The standard InChI is InChI=1S/C13H15F2NO2/c1-16(8-13(5-6-13)12(17)18-2)11-4-3-9(14)7-10(11)15/h3-4,7H,5-6,8H2,1-2H3. The SMILES string of the molecule is COC(=O)C1(CN(C)c2ccc(F)cc2F)CC1. The lowest BCUT2D eigenvalue weighted by Crippen LogP contribution is -2.33. The number of anilines is 1. The number of carbonyl (C=O) groups is 1. The van der Waals surface area contributed by atoms with Gasteiger partial charge in [0.1, 0.15) is 11.6 Å². The number of carbonyl (C=O) groups excluding carboxylic acids is 1. The Kier molecular flexibility index (Phi) is 3.24. The molecule has 0 spiro atoms. The fraction of sp³-hybridized carbons (Fsp3) is 0.462. The summed E-state index contributed by atoms with van der Waals surface area (Å²) in [6, 6.07) is 3.41. The van der Waals surface area contributed by atoms with Gasteiger partial charge in [-0.2, -0.15) is 0 Å². The lowest BCUT2D eigenvalue weighted by molar-refractivity contribution is -0.146. The van der Waals surface area contributed by atoms with E-state index in [1.54, 1.807) is 11.9 Å². The van der Waals surface area contributed by atoms with Gasteiger partial charge in [0, 0.05) is 19.7 Å². The molecule has 18 heavy (non-hydrogen) atoms. The number of rotatable bonds is 4. The molecule has 0 heterocycles. The van der Waals surface area contributed by atoms with Crippen molar-refractivity contribution in [3.05, 3.63) is 29.8 Å². The normalized spacial score (nSPS) is 16.2. The Morgan fingerprint density at radius 2 is 2.11 bits per heavy atom. The summed E-state index contributed by atoms with van der Waals surface area (Å²) < 4.78 is 31.1. The van der Waals surface area contributed by atoms with E-state index in [0.717, 1.165) is 18.9 Å². The molecule has 3 nitrogen and oxygen atoms in total. The minimum Gasteiger partial charge on any atom is -0.469 e. The first kappa shape index (κ1) is 12.8. The Bertz CT molecular complexity index is 472. The van der Waals surface area contributed by atoms with Gasteiger partial charge in [-0.05, 0) is 25.0 Å². The fourth-order valence-electron chi connectivity index (χ4n) is 2.12. The van der Waals surface area contributed by atoms with Crippen LogP contribution in [-0.4, -0.2) is 26.7 Å². The average molecular weight is 255 g/mol. The van der Waals surface area contributed by atoms with Crippen LogP contribution in [0.15, 0.2) is 18.2 Å². The molecule has 5 heteroatoms. The summed E-state index contributed by atoms with van der Waals surface area (Å²) >= 11 is 0. The molecule has 0 atom stereocenters. The van der Waals surface area contributed by atoms with Crippen molar-refractivity contribution in [1.29, 1.82) is 0 Å². The molecule has 0 aromatic heterocycles. The minimum absolute atomic E-state index is 0.267. The van der Waals surface area contributed by atoms with Gasteiger partial charge in [-0.1, -0.05) is 0 Å². The van der Waals surface area contributed by atoms with E-state index in [4.69, 9.17) is 4.74 Å². The monoisotopic (exact) mass is 255 g/mol. The highest BCUT2D eigenvalue weighted by atomic mass is 19.1. The Morgan fingerprint density at radius 3 is 2.61 bits per heavy atom. The van der Waals surface area contributed by atoms with Crippen LogP contribution in [0.25, 0.3) is 0 Å². The zero-order valence-electron chi connectivity index (χ0n) is 10.4. The van der Waals surface area contributed by atoms with Crippen LogP contribution >= 0.6 is 0 Å². The molecule has 98 valence electrons. The summed E-state index contributed by atoms with van der Waals surface area (Å²) in [5.41, 5.74) is -0.240. The number of nitrogens with zero attached hydrogens (tertiary/aromatic N) is 1. The van der Waals surface area contributed by atoms with Crippen molar-refractivity contribution in [1.82, 2.24) is 0 Å². The quantitative estimate of drug-likeness (QED) is 0.773. The summed E-state index contributed by atoms with van der Waals surface area (Å²) in [5, 5.41) is 0. The van der Waals surface area contributed by atoms with Crippen LogP contribution in [-0.2, 0) is 9.53 Å². The van der Waals surface area contributed by atoms with E-state index in [0.29, 0.717) is 6.54 Å². The molecule has 0 aliphatic heterocycles. The molecule has 1 fully saturated rings. The summed E-state index contributed by atoms with van der Waals surface area (Å²) in [4.78, 5) is 13.2. The second-order valence-corrected chi connectivity index (χ2v) is 4.72. The first-order chi connectivity index (χ1) is 8.48. The van der Waals surface area contributed by atoms with Gasteiger partial charge in [-0.15, -0.1) is 0 Å². The number of methoxy groups -OCH3 is 1. The summed E-state index contributed by atoms with van der Waals surface area (Å²) in [6.45, 7) is 0.377. The van der Waals surface area contributed by atoms with E-state index in [1.807, 2.05) is 0 Å². The number of benzene rings is 1. The molecule has 0 saturated heterocycles. The van der Waals surface area contributed by atoms with E-state index < -0.39 is 17.0 Å². The van der Waals surface area contributed by atoms with Gasteiger partial charge in [0.25, 0.3) is 0 Å². The molecule has 0 amide bonds. The molecule has 1 aliphatic carbocycles. The molecule has 1 aromatic rings. The molecule has 0 N–H and O–H groups in total. The average Bonchev–Trinajstić information content (AvgIpc) is 3.08. The van der Waals surface area contributed by atoms with Gasteiger partial charge in [-0.3, -0.25) is 4.79 Å². The first-order valence-corrected chi connectivity index (χ1v) is 5.73. The molecule has 2 rings (SSSR count). The zero-order chi connectivity index (χ0) is 13.3. The number of esters is 1. The van der Waals surface area contributed by atoms with Crippen molar-refractivity contribution in [3.8, 4) is 0 Å². The van der Waals surface area contributed by atoms with Gasteiger partial charge >= 0.3 is 5.97 Å². The van der Waals surface area contributed by atoms with Gasteiger partial charge in [0.2, 0.25) is 0 Å². The predicted molar refractivity (Wildman–Crippen MR) is 63.3 cm³/mol.